The maximum Gasteiger partial charge on any atom is 0.245 e. The van der Waals surface area contributed by atoms with Crippen LogP contribution in [-0.4, -0.2) is 72.6 Å². The summed E-state index contributed by atoms with van der Waals surface area (Å²) in [5, 5.41) is 2.79. The molecule has 0 aromatic rings. The van der Waals surface area contributed by atoms with Gasteiger partial charge in [-0.25, -0.2) is 0 Å². The molecule has 3 saturated heterocycles. The third kappa shape index (κ3) is 3.06. The zero-order valence-electron chi connectivity index (χ0n) is 12.9. The Kier molecular flexibility index (Phi) is 4.17. The van der Waals surface area contributed by atoms with Crippen LogP contribution in [0.3, 0.4) is 0 Å². The van der Waals surface area contributed by atoms with Gasteiger partial charge in [-0.2, -0.15) is 0 Å². The van der Waals surface area contributed by atoms with E-state index in [2.05, 4.69) is 10.2 Å². The van der Waals surface area contributed by atoms with E-state index in [9.17, 15) is 9.59 Å². The Morgan fingerprint density at radius 2 is 2.19 bits per heavy atom. The molecule has 0 bridgehead atoms. The number of nitrogens with zero attached hydrogens (tertiary/aromatic N) is 2. The Labute approximate surface area is 125 Å². The Bertz CT molecular complexity index is 426. The summed E-state index contributed by atoms with van der Waals surface area (Å²) in [6.45, 7) is 7.36. The van der Waals surface area contributed by atoms with E-state index in [1.165, 1.54) is 12.8 Å². The van der Waals surface area contributed by atoms with Crippen LogP contribution in [0.5, 0.6) is 0 Å². The summed E-state index contributed by atoms with van der Waals surface area (Å²) in [7, 11) is 0. The van der Waals surface area contributed by atoms with Crippen LogP contribution in [0.4, 0.5) is 0 Å². The number of amides is 2. The second-order valence-electron chi connectivity index (χ2n) is 6.75. The van der Waals surface area contributed by atoms with Gasteiger partial charge in [0.2, 0.25) is 11.8 Å². The number of carbonyl (C=O) groups is 2. The first-order valence-electron chi connectivity index (χ1n) is 7.98. The molecule has 3 heterocycles. The van der Waals surface area contributed by atoms with Crippen molar-refractivity contribution in [2.45, 2.75) is 44.9 Å². The van der Waals surface area contributed by atoms with Crippen LogP contribution in [0.1, 0.15) is 26.7 Å². The third-order valence-corrected chi connectivity index (χ3v) is 4.78. The fourth-order valence-corrected chi connectivity index (χ4v) is 3.58. The van der Waals surface area contributed by atoms with Gasteiger partial charge in [-0.15, -0.1) is 0 Å². The number of piperazine rings is 1. The number of ether oxygens (including phenoxy) is 1. The first-order valence-corrected chi connectivity index (χ1v) is 7.98. The molecular formula is C15H25N3O3. The summed E-state index contributed by atoms with van der Waals surface area (Å²) in [6, 6.07) is 0.166. The van der Waals surface area contributed by atoms with Gasteiger partial charge in [0, 0.05) is 19.1 Å². The van der Waals surface area contributed by atoms with Gasteiger partial charge in [0.15, 0.2) is 0 Å². The van der Waals surface area contributed by atoms with E-state index in [0.717, 1.165) is 19.7 Å². The molecule has 0 aromatic heterocycles. The molecule has 3 fully saturated rings. The molecule has 1 N–H and O–H groups in total. The number of fused-ring (bicyclic) bond motifs is 1. The second-order valence-corrected chi connectivity index (χ2v) is 6.75. The Morgan fingerprint density at radius 1 is 1.38 bits per heavy atom. The minimum atomic E-state index is -0.394. The first kappa shape index (κ1) is 14.8. The van der Waals surface area contributed by atoms with Crippen LogP contribution < -0.4 is 5.32 Å². The van der Waals surface area contributed by atoms with Crippen LogP contribution in [0, 0.1) is 5.92 Å². The number of carbonyl (C=O) groups excluding carboxylic acids is 2. The van der Waals surface area contributed by atoms with E-state index in [-0.39, 0.29) is 30.4 Å². The quantitative estimate of drug-likeness (QED) is 0.785. The van der Waals surface area contributed by atoms with Gasteiger partial charge >= 0.3 is 0 Å². The maximum atomic E-state index is 12.5. The summed E-state index contributed by atoms with van der Waals surface area (Å²) in [4.78, 5) is 28.4. The van der Waals surface area contributed by atoms with E-state index in [0.29, 0.717) is 12.6 Å². The highest BCUT2D eigenvalue weighted by Gasteiger charge is 2.38. The topological polar surface area (TPSA) is 61.9 Å². The lowest BCUT2D eigenvalue weighted by molar-refractivity contribution is -0.149. The predicted octanol–water partition coefficient (Wildman–Crippen LogP) is -0.167. The number of hydrogen-bond donors (Lipinski definition) is 1. The zero-order valence-corrected chi connectivity index (χ0v) is 12.9. The summed E-state index contributed by atoms with van der Waals surface area (Å²) in [6.07, 6.45) is 2.48. The zero-order chi connectivity index (χ0) is 15.0. The van der Waals surface area contributed by atoms with Crippen molar-refractivity contribution in [3.05, 3.63) is 0 Å². The molecule has 6 heteroatoms. The normalized spacial score (nSPS) is 34.2. The number of hydrogen-bond acceptors (Lipinski definition) is 4. The molecule has 6 nitrogen and oxygen atoms in total. The smallest absolute Gasteiger partial charge is 0.245 e. The molecular weight excluding hydrogens is 270 g/mol. The minimum absolute atomic E-state index is 0.0248. The largest absolute Gasteiger partial charge is 0.373 e. The highest BCUT2D eigenvalue weighted by molar-refractivity contribution is 5.95. The first-order chi connectivity index (χ1) is 10.0. The van der Waals surface area contributed by atoms with Crippen LogP contribution >= 0.6 is 0 Å². The average Bonchev–Trinajstić information content (AvgIpc) is 2.89. The lowest BCUT2D eigenvalue weighted by Crippen LogP contribution is -2.62. The summed E-state index contributed by atoms with van der Waals surface area (Å²) >= 11 is 0. The van der Waals surface area contributed by atoms with Gasteiger partial charge in [0.1, 0.15) is 6.04 Å². The Morgan fingerprint density at radius 3 is 2.95 bits per heavy atom. The predicted molar refractivity (Wildman–Crippen MR) is 77.7 cm³/mol. The molecule has 0 aromatic carbocycles. The average molecular weight is 295 g/mol. The lowest BCUT2D eigenvalue weighted by Gasteiger charge is -2.40. The van der Waals surface area contributed by atoms with E-state index in [1.54, 1.807) is 4.90 Å². The van der Waals surface area contributed by atoms with Gasteiger partial charge in [-0.3, -0.25) is 14.5 Å². The number of morpholine rings is 1. The van der Waals surface area contributed by atoms with Crippen molar-refractivity contribution >= 4 is 11.8 Å². The molecule has 3 atom stereocenters. The van der Waals surface area contributed by atoms with Gasteiger partial charge in [-0.05, 0) is 25.3 Å². The highest BCUT2D eigenvalue weighted by Crippen LogP contribution is 2.23. The van der Waals surface area contributed by atoms with Crippen molar-refractivity contribution in [3.8, 4) is 0 Å². The minimum Gasteiger partial charge on any atom is -0.373 e. The lowest BCUT2D eigenvalue weighted by atomic mass is 10.0. The van der Waals surface area contributed by atoms with Crippen molar-refractivity contribution in [2.24, 2.45) is 5.92 Å². The van der Waals surface area contributed by atoms with Gasteiger partial charge < -0.3 is 15.0 Å². The van der Waals surface area contributed by atoms with Crippen LogP contribution in [0.25, 0.3) is 0 Å². The van der Waals surface area contributed by atoms with Crippen molar-refractivity contribution in [3.63, 3.8) is 0 Å². The molecule has 0 saturated carbocycles. The van der Waals surface area contributed by atoms with Gasteiger partial charge in [0.05, 0.1) is 19.3 Å². The molecule has 2 amide bonds. The summed E-state index contributed by atoms with van der Waals surface area (Å²) < 4.78 is 5.91. The number of nitrogens with one attached hydrogen (secondary N) is 1. The standard InChI is InChI=1S/C15H25N3O3/c1-10(2)14-15(20)18(8-13(19)16-14)7-12-6-17-5-3-4-11(17)9-21-12/h10-12,14H,3-9H2,1-2H3,(H,16,19). The van der Waals surface area contributed by atoms with Crippen molar-refractivity contribution in [1.82, 2.24) is 15.1 Å². The van der Waals surface area contributed by atoms with E-state index in [4.69, 9.17) is 4.74 Å². The summed E-state index contributed by atoms with van der Waals surface area (Å²) in [5.74, 6) is 0.0689. The molecule has 118 valence electrons. The maximum absolute atomic E-state index is 12.5. The van der Waals surface area contributed by atoms with Gasteiger partial charge in [-0.1, -0.05) is 13.8 Å². The van der Waals surface area contributed by atoms with Crippen LogP contribution in [0.15, 0.2) is 0 Å². The van der Waals surface area contributed by atoms with Crippen molar-refractivity contribution in [1.29, 1.82) is 0 Å². The van der Waals surface area contributed by atoms with Crippen molar-refractivity contribution < 1.29 is 14.3 Å². The summed E-state index contributed by atoms with van der Waals surface area (Å²) in [5.41, 5.74) is 0. The van der Waals surface area contributed by atoms with E-state index < -0.39 is 6.04 Å². The fourth-order valence-electron chi connectivity index (χ4n) is 3.58. The molecule has 0 spiro atoms. The highest BCUT2D eigenvalue weighted by atomic mass is 16.5. The molecule has 3 rings (SSSR count). The fraction of sp³-hybridized carbons (Fsp3) is 0.867. The Hall–Kier alpha value is -1.14. The molecule has 0 radical (unpaired) electrons. The molecule has 0 aliphatic carbocycles. The number of rotatable bonds is 3. The van der Waals surface area contributed by atoms with E-state index in [1.807, 2.05) is 13.8 Å². The van der Waals surface area contributed by atoms with E-state index >= 15 is 0 Å². The van der Waals surface area contributed by atoms with Crippen LogP contribution in [-0.2, 0) is 14.3 Å². The van der Waals surface area contributed by atoms with Crippen LogP contribution in [0.2, 0.25) is 0 Å². The molecule has 3 unspecified atom stereocenters. The molecule has 21 heavy (non-hydrogen) atoms. The van der Waals surface area contributed by atoms with Gasteiger partial charge in [0.25, 0.3) is 0 Å². The Balaban J connectivity index is 1.61. The SMILES string of the molecule is CC(C)C1NC(=O)CN(CC2CN3CCCC3CO2)C1=O. The second kappa shape index (κ2) is 5.93. The third-order valence-electron chi connectivity index (χ3n) is 4.78. The molecule has 3 aliphatic heterocycles. The molecule has 3 aliphatic rings. The monoisotopic (exact) mass is 295 g/mol. The van der Waals surface area contributed by atoms with Crippen molar-refractivity contribution in [2.75, 3.05) is 32.8 Å².